The van der Waals surface area contributed by atoms with Crippen LogP contribution in [0.3, 0.4) is 0 Å². The van der Waals surface area contributed by atoms with Crippen molar-refractivity contribution in [1.29, 1.82) is 0 Å². The van der Waals surface area contributed by atoms with E-state index >= 15 is 0 Å². The minimum atomic E-state index is 0. The first-order valence-corrected chi connectivity index (χ1v) is 15.6. The molecule has 4 aliphatic rings. The second-order valence-corrected chi connectivity index (χ2v) is 11.3. The van der Waals surface area contributed by atoms with Crippen LogP contribution >= 0.6 is 22.6 Å². The Bertz CT molecular complexity index is 276. The van der Waals surface area contributed by atoms with Gasteiger partial charge < -0.3 is 5.11 Å². The largest absolute Gasteiger partial charge is 0.396 e. The molecule has 4 heteroatoms. The average molecular weight is 646 g/mol. The van der Waals surface area contributed by atoms with Crippen LogP contribution in [0.15, 0.2) is 0 Å². The van der Waals surface area contributed by atoms with E-state index in [1.54, 1.807) is 0 Å². The molecule has 0 amide bonds. The van der Waals surface area contributed by atoms with Gasteiger partial charge in [0.05, 0.1) is 0 Å². The fourth-order valence-electron chi connectivity index (χ4n) is 5.44. The maximum Gasteiger partial charge on any atom is 0.0431 e. The van der Waals surface area contributed by atoms with Gasteiger partial charge in [-0.25, -0.2) is 0 Å². The molecule has 0 saturated heterocycles. The third kappa shape index (κ3) is 23.5. The topological polar surface area (TPSA) is 20.2 Å². The molecule has 1 nitrogen and oxygen atoms in total. The van der Waals surface area contributed by atoms with Crippen molar-refractivity contribution in [2.75, 3.05) is 11.0 Å². The Morgan fingerprint density at radius 3 is 1.06 bits per heavy atom. The molecule has 4 fully saturated rings. The predicted molar refractivity (Wildman–Crippen MR) is 144 cm³/mol. The normalized spacial score (nSPS) is 20.1. The van der Waals surface area contributed by atoms with E-state index in [-0.39, 0.29) is 34.1 Å². The van der Waals surface area contributed by atoms with E-state index < -0.39 is 0 Å². The zero-order chi connectivity index (χ0) is 21.5. The molecule has 32 heavy (non-hydrogen) atoms. The van der Waals surface area contributed by atoms with Crippen molar-refractivity contribution in [3.8, 4) is 0 Å². The van der Waals surface area contributed by atoms with Gasteiger partial charge in [-0.15, -0.1) is 0 Å². The second kappa shape index (κ2) is 29.0. The Labute approximate surface area is 237 Å². The Morgan fingerprint density at radius 1 is 0.469 bits per heavy atom. The second-order valence-electron chi connectivity index (χ2n) is 10.2. The van der Waals surface area contributed by atoms with Gasteiger partial charge in [-0.05, 0) is 29.1 Å². The first-order chi connectivity index (χ1) is 14.9. The number of halogens is 1. The Balaban J connectivity index is 0. The van der Waals surface area contributed by atoms with Crippen molar-refractivity contribution < 1.29 is 39.2 Å². The van der Waals surface area contributed by atoms with Gasteiger partial charge in [0.1, 0.15) is 0 Å². The fourth-order valence-corrected chi connectivity index (χ4v) is 5.98. The third-order valence-electron chi connectivity index (χ3n) is 7.47. The summed E-state index contributed by atoms with van der Waals surface area (Å²) in [4.78, 5) is 0. The monoisotopic (exact) mass is 646 g/mol. The standard InChI is InChI=1S/C9H17I.C9H18O.2C5H10.2Fe/c2*10-8-4-3-7-9-5-1-2-6-9;2*1-2-4-5-3-1;;/h9H,1-8H2;9-10H,1-8H2;2*1-5H2;;. The van der Waals surface area contributed by atoms with E-state index in [0.29, 0.717) is 6.61 Å². The number of hydrogen-bond donors (Lipinski definition) is 1. The molecule has 0 aliphatic heterocycles. The molecule has 4 aliphatic carbocycles. The molecular weight excluding hydrogens is 591 g/mol. The van der Waals surface area contributed by atoms with Crippen molar-refractivity contribution in [2.24, 2.45) is 11.8 Å². The number of aliphatic hydroxyl groups is 1. The Kier molecular flexibility index (Phi) is 32.5. The fraction of sp³-hybridized carbons (Fsp3) is 1.00. The van der Waals surface area contributed by atoms with E-state index in [9.17, 15) is 0 Å². The van der Waals surface area contributed by atoms with Crippen molar-refractivity contribution in [3.05, 3.63) is 0 Å². The summed E-state index contributed by atoms with van der Waals surface area (Å²) < 4.78 is 1.35. The molecule has 4 saturated carbocycles. The molecule has 0 aromatic heterocycles. The van der Waals surface area contributed by atoms with Gasteiger partial charge >= 0.3 is 0 Å². The van der Waals surface area contributed by atoms with E-state index in [1.807, 2.05) is 0 Å². The molecule has 0 unspecified atom stereocenters. The maximum atomic E-state index is 8.54. The van der Waals surface area contributed by atoms with Gasteiger partial charge in [0.25, 0.3) is 0 Å². The first-order valence-electron chi connectivity index (χ1n) is 14.0. The molecule has 0 heterocycles. The molecule has 0 spiro atoms. The van der Waals surface area contributed by atoms with Crippen molar-refractivity contribution in [3.63, 3.8) is 0 Å². The van der Waals surface area contributed by atoms with Gasteiger partial charge in [0.15, 0.2) is 0 Å². The van der Waals surface area contributed by atoms with Crippen LogP contribution in [0.2, 0.25) is 0 Å². The summed E-state index contributed by atoms with van der Waals surface area (Å²) in [5.74, 6) is 2.12. The molecule has 0 radical (unpaired) electrons. The van der Waals surface area contributed by atoms with Crippen LogP contribution < -0.4 is 0 Å². The van der Waals surface area contributed by atoms with E-state index in [4.69, 9.17) is 5.11 Å². The number of alkyl halides is 1. The van der Waals surface area contributed by atoms with Crippen LogP contribution in [-0.4, -0.2) is 16.1 Å². The minimum absolute atomic E-state index is 0. The maximum absolute atomic E-state index is 8.54. The quantitative estimate of drug-likeness (QED) is 0.121. The third-order valence-corrected chi connectivity index (χ3v) is 8.23. The minimum Gasteiger partial charge on any atom is -0.396 e. The van der Waals surface area contributed by atoms with Gasteiger partial charge in [-0.1, -0.05) is 164 Å². The number of rotatable bonds is 8. The summed E-state index contributed by atoms with van der Waals surface area (Å²) >= 11 is 2.47. The molecule has 1 N–H and O–H groups in total. The summed E-state index contributed by atoms with van der Waals surface area (Å²) in [5, 5.41) is 8.54. The Morgan fingerprint density at radius 2 is 0.781 bits per heavy atom. The van der Waals surface area contributed by atoms with Crippen LogP contribution in [-0.2, 0) is 34.1 Å². The summed E-state index contributed by atoms with van der Waals surface area (Å²) in [7, 11) is 0. The summed E-state index contributed by atoms with van der Waals surface area (Å²) in [6.07, 6.45) is 34.9. The van der Waals surface area contributed by atoms with Crippen molar-refractivity contribution in [2.45, 2.75) is 154 Å². The number of hydrogen-bond acceptors (Lipinski definition) is 1. The van der Waals surface area contributed by atoms with Crippen LogP contribution in [0.4, 0.5) is 0 Å². The molecule has 196 valence electrons. The summed E-state index contributed by atoms with van der Waals surface area (Å²) in [6, 6.07) is 0. The molecular formula is C28H55Fe2IO. The molecule has 0 aromatic carbocycles. The van der Waals surface area contributed by atoms with Crippen LogP contribution in [0.1, 0.15) is 154 Å². The summed E-state index contributed by atoms with van der Waals surface area (Å²) in [5.41, 5.74) is 0. The zero-order valence-corrected chi connectivity index (χ0v) is 25.4. The van der Waals surface area contributed by atoms with Crippen LogP contribution in [0.25, 0.3) is 0 Å². The number of aliphatic hydroxyl groups excluding tert-OH is 1. The van der Waals surface area contributed by atoms with Crippen LogP contribution in [0.5, 0.6) is 0 Å². The molecule has 0 bridgehead atoms. The van der Waals surface area contributed by atoms with Gasteiger partial charge in [-0.3, -0.25) is 0 Å². The predicted octanol–water partition coefficient (Wildman–Crippen LogP) is 10.0. The molecule has 0 aromatic rings. The molecule has 4 rings (SSSR count). The summed E-state index contributed by atoms with van der Waals surface area (Å²) in [6.45, 7) is 0.382. The van der Waals surface area contributed by atoms with Crippen LogP contribution in [0, 0.1) is 11.8 Å². The first kappa shape index (κ1) is 35.9. The molecule has 0 atom stereocenters. The van der Waals surface area contributed by atoms with Crippen molar-refractivity contribution in [1.82, 2.24) is 0 Å². The van der Waals surface area contributed by atoms with E-state index in [0.717, 1.165) is 18.3 Å². The Hall–Kier alpha value is 1.73. The van der Waals surface area contributed by atoms with Crippen molar-refractivity contribution >= 4 is 22.6 Å². The zero-order valence-electron chi connectivity index (χ0n) is 21.1. The smallest absolute Gasteiger partial charge is 0.0431 e. The van der Waals surface area contributed by atoms with Gasteiger partial charge in [0.2, 0.25) is 0 Å². The van der Waals surface area contributed by atoms with Gasteiger partial charge in [0, 0.05) is 40.7 Å². The van der Waals surface area contributed by atoms with E-state index in [1.165, 1.54) is 152 Å². The SMILES string of the molecule is C1CCCC1.C1CCCC1.ICCCCC1CCCC1.OCCCCC1CCCC1.[Fe].[Fe]. The van der Waals surface area contributed by atoms with Gasteiger partial charge in [-0.2, -0.15) is 0 Å². The van der Waals surface area contributed by atoms with E-state index in [2.05, 4.69) is 22.6 Å². The number of unbranched alkanes of at least 4 members (excludes halogenated alkanes) is 2. The average Bonchev–Trinajstić information content (AvgIpc) is 3.59.